The molecule has 3 N–H and O–H groups in total. The molecular weight excluding hydrogens is 208 g/mol. The first-order valence-corrected chi connectivity index (χ1v) is 5.67. The van der Waals surface area contributed by atoms with Gasteiger partial charge in [-0.15, -0.1) is 11.8 Å². The van der Waals surface area contributed by atoms with Crippen LogP contribution in [0.1, 0.15) is 18.1 Å². The Morgan fingerprint density at radius 2 is 2.07 bits per heavy atom. The fourth-order valence-corrected chi connectivity index (χ4v) is 2.14. The standard InChI is InChI=1S/C11H16N2OS/c1-7-4-5-10(6-8(7)2)15-9(3)11(14)13-12/h4-6,9H,12H2,1-3H3,(H,13,14). The predicted molar refractivity (Wildman–Crippen MR) is 63.6 cm³/mol. The van der Waals surface area contributed by atoms with Crippen molar-refractivity contribution in [1.82, 2.24) is 5.43 Å². The molecule has 1 atom stereocenters. The molecule has 0 bridgehead atoms. The number of hydrogen-bond acceptors (Lipinski definition) is 3. The lowest BCUT2D eigenvalue weighted by Crippen LogP contribution is -2.36. The van der Waals surface area contributed by atoms with E-state index in [2.05, 4.69) is 31.4 Å². The predicted octanol–water partition coefficient (Wildman–Crippen LogP) is 1.77. The van der Waals surface area contributed by atoms with Gasteiger partial charge in [-0.3, -0.25) is 10.2 Å². The van der Waals surface area contributed by atoms with Crippen LogP contribution in [0, 0.1) is 13.8 Å². The van der Waals surface area contributed by atoms with Crippen LogP contribution in [0.15, 0.2) is 23.1 Å². The maximum Gasteiger partial charge on any atom is 0.247 e. The number of nitrogens with two attached hydrogens (primary N) is 1. The zero-order valence-electron chi connectivity index (χ0n) is 9.20. The summed E-state index contributed by atoms with van der Waals surface area (Å²) in [7, 11) is 0. The third kappa shape index (κ3) is 3.25. The summed E-state index contributed by atoms with van der Waals surface area (Å²) in [5, 5.41) is -0.169. The van der Waals surface area contributed by atoms with Gasteiger partial charge in [-0.2, -0.15) is 0 Å². The van der Waals surface area contributed by atoms with E-state index >= 15 is 0 Å². The molecule has 3 nitrogen and oxygen atoms in total. The highest BCUT2D eigenvalue weighted by atomic mass is 32.2. The van der Waals surface area contributed by atoms with Crippen molar-refractivity contribution >= 4 is 17.7 Å². The molecule has 0 heterocycles. The van der Waals surface area contributed by atoms with E-state index in [1.807, 2.05) is 13.0 Å². The van der Waals surface area contributed by atoms with Crippen molar-refractivity contribution in [1.29, 1.82) is 0 Å². The van der Waals surface area contributed by atoms with Crippen molar-refractivity contribution in [2.75, 3.05) is 0 Å². The number of aryl methyl sites for hydroxylation is 2. The Balaban J connectivity index is 2.73. The number of carbonyl (C=O) groups is 1. The molecule has 1 aromatic carbocycles. The lowest BCUT2D eigenvalue weighted by Gasteiger charge is -2.10. The highest BCUT2D eigenvalue weighted by Crippen LogP contribution is 2.25. The number of benzene rings is 1. The summed E-state index contributed by atoms with van der Waals surface area (Å²) in [6, 6.07) is 6.17. The topological polar surface area (TPSA) is 55.1 Å². The Hall–Kier alpha value is -1.00. The number of rotatable bonds is 3. The smallest absolute Gasteiger partial charge is 0.247 e. The molecule has 0 saturated carbocycles. The fraction of sp³-hybridized carbons (Fsp3) is 0.364. The van der Waals surface area contributed by atoms with Crippen LogP contribution in [0.5, 0.6) is 0 Å². The Morgan fingerprint density at radius 1 is 1.40 bits per heavy atom. The summed E-state index contributed by atoms with van der Waals surface area (Å²) in [5.74, 6) is 4.91. The molecular formula is C11H16N2OS. The largest absolute Gasteiger partial charge is 0.293 e. The minimum atomic E-state index is -0.169. The van der Waals surface area contributed by atoms with Crippen molar-refractivity contribution in [3.05, 3.63) is 29.3 Å². The molecule has 0 aromatic heterocycles. The number of hydrazine groups is 1. The van der Waals surface area contributed by atoms with Crippen molar-refractivity contribution in [2.45, 2.75) is 30.9 Å². The highest BCUT2D eigenvalue weighted by Gasteiger charge is 2.12. The summed E-state index contributed by atoms with van der Waals surface area (Å²) in [6.07, 6.45) is 0. The monoisotopic (exact) mass is 224 g/mol. The number of thioether (sulfide) groups is 1. The van der Waals surface area contributed by atoms with Gasteiger partial charge in [-0.1, -0.05) is 6.07 Å². The fourth-order valence-electron chi connectivity index (χ4n) is 1.16. The third-order valence-corrected chi connectivity index (χ3v) is 3.40. The maximum atomic E-state index is 11.2. The van der Waals surface area contributed by atoms with Gasteiger partial charge in [-0.25, -0.2) is 5.84 Å². The summed E-state index contributed by atoms with van der Waals surface area (Å²) in [4.78, 5) is 12.3. The van der Waals surface area contributed by atoms with Crippen LogP contribution in [0.25, 0.3) is 0 Å². The van der Waals surface area contributed by atoms with Crippen LogP contribution in [-0.2, 0) is 4.79 Å². The number of amides is 1. The molecule has 0 aliphatic heterocycles. The quantitative estimate of drug-likeness (QED) is 0.356. The van der Waals surface area contributed by atoms with Crippen LogP contribution < -0.4 is 11.3 Å². The van der Waals surface area contributed by atoms with Crippen LogP contribution >= 0.6 is 11.8 Å². The number of hydrogen-bond donors (Lipinski definition) is 2. The molecule has 0 aliphatic carbocycles. The van der Waals surface area contributed by atoms with E-state index in [9.17, 15) is 4.79 Å². The van der Waals surface area contributed by atoms with Gasteiger partial charge in [0.2, 0.25) is 5.91 Å². The van der Waals surface area contributed by atoms with E-state index in [1.165, 1.54) is 22.9 Å². The van der Waals surface area contributed by atoms with Crippen LogP contribution in [0.4, 0.5) is 0 Å². The van der Waals surface area contributed by atoms with Gasteiger partial charge in [0, 0.05) is 4.90 Å². The first-order chi connectivity index (χ1) is 7.04. The van der Waals surface area contributed by atoms with Gasteiger partial charge in [0.15, 0.2) is 0 Å². The molecule has 1 unspecified atom stereocenters. The third-order valence-electron chi connectivity index (χ3n) is 2.30. The Morgan fingerprint density at radius 3 is 2.60 bits per heavy atom. The van der Waals surface area contributed by atoms with Crippen molar-refractivity contribution < 1.29 is 4.79 Å². The van der Waals surface area contributed by atoms with Gasteiger partial charge in [-0.05, 0) is 44.0 Å². The Kier molecular flexibility index (Phi) is 4.17. The second-order valence-electron chi connectivity index (χ2n) is 3.51. The van der Waals surface area contributed by atoms with Gasteiger partial charge < -0.3 is 0 Å². The van der Waals surface area contributed by atoms with Crippen molar-refractivity contribution in [2.24, 2.45) is 5.84 Å². The molecule has 0 aliphatic rings. The summed E-state index contributed by atoms with van der Waals surface area (Å²) in [6.45, 7) is 5.97. The Bertz CT molecular complexity index is 366. The molecule has 0 fully saturated rings. The molecule has 1 aromatic rings. The molecule has 1 rings (SSSR count). The van der Waals surface area contributed by atoms with Crippen LogP contribution in [-0.4, -0.2) is 11.2 Å². The van der Waals surface area contributed by atoms with E-state index in [-0.39, 0.29) is 11.2 Å². The zero-order valence-corrected chi connectivity index (χ0v) is 10.0. The number of nitrogens with one attached hydrogen (secondary N) is 1. The minimum absolute atomic E-state index is 0.154. The molecule has 0 spiro atoms. The van der Waals surface area contributed by atoms with E-state index in [0.29, 0.717) is 0 Å². The van der Waals surface area contributed by atoms with Crippen LogP contribution in [0.3, 0.4) is 0 Å². The number of carbonyl (C=O) groups excluding carboxylic acids is 1. The SMILES string of the molecule is Cc1ccc(SC(C)C(=O)NN)cc1C. The first kappa shape index (κ1) is 12.1. The lowest BCUT2D eigenvalue weighted by molar-refractivity contribution is -0.120. The van der Waals surface area contributed by atoms with E-state index in [1.54, 1.807) is 0 Å². The highest BCUT2D eigenvalue weighted by molar-refractivity contribution is 8.00. The molecule has 1 amide bonds. The normalized spacial score (nSPS) is 12.3. The molecule has 82 valence electrons. The average Bonchev–Trinajstić information content (AvgIpc) is 2.22. The van der Waals surface area contributed by atoms with Gasteiger partial charge in [0.25, 0.3) is 0 Å². The summed E-state index contributed by atoms with van der Waals surface area (Å²) in [5.41, 5.74) is 4.65. The summed E-state index contributed by atoms with van der Waals surface area (Å²) < 4.78 is 0. The van der Waals surface area contributed by atoms with E-state index in [4.69, 9.17) is 5.84 Å². The molecule has 4 heteroatoms. The minimum Gasteiger partial charge on any atom is -0.293 e. The van der Waals surface area contributed by atoms with Gasteiger partial charge >= 0.3 is 0 Å². The van der Waals surface area contributed by atoms with Crippen molar-refractivity contribution in [3.63, 3.8) is 0 Å². The van der Waals surface area contributed by atoms with Gasteiger partial charge in [0.05, 0.1) is 5.25 Å². The second kappa shape index (κ2) is 5.19. The molecule has 0 radical (unpaired) electrons. The van der Waals surface area contributed by atoms with Gasteiger partial charge in [0.1, 0.15) is 0 Å². The summed E-state index contributed by atoms with van der Waals surface area (Å²) >= 11 is 1.51. The lowest BCUT2D eigenvalue weighted by atomic mass is 10.1. The van der Waals surface area contributed by atoms with E-state index < -0.39 is 0 Å². The average molecular weight is 224 g/mol. The molecule has 0 saturated heterocycles. The van der Waals surface area contributed by atoms with Crippen molar-refractivity contribution in [3.8, 4) is 0 Å². The zero-order chi connectivity index (χ0) is 11.4. The maximum absolute atomic E-state index is 11.2. The van der Waals surface area contributed by atoms with E-state index in [0.717, 1.165) is 4.90 Å². The molecule has 15 heavy (non-hydrogen) atoms. The first-order valence-electron chi connectivity index (χ1n) is 4.79. The van der Waals surface area contributed by atoms with Crippen LogP contribution in [0.2, 0.25) is 0 Å². The Labute approximate surface area is 94.4 Å². The second-order valence-corrected chi connectivity index (χ2v) is 4.93.